The van der Waals surface area contributed by atoms with Crippen LogP contribution in [0.2, 0.25) is 0 Å². The summed E-state index contributed by atoms with van der Waals surface area (Å²) in [5, 5.41) is 4.78. The van der Waals surface area contributed by atoms with Gasteiger partial charge in [0, 0.05) is 56.4 Å². The molecular formula is C15H22N4. The zero-order valence-electron chi connectivity index (χ0n) is 11.7. The standard InChI is InChI=1S/C15H22N4/c1-18-8-7-16-9-12(18)11-19(2)15-10-17-14-6-4-3-5-13(14)15/h3-6,10,12,16-17H,7-9,11H2,1-2H3. The highest BCUT2D eigenvalue weighted by atomic mass is 15.2. The fourth-order valence-corrected chi connectivity index (χ4v) is 2.85. The Kier molecular flexibility index (Phi) is 3.44. The predicted molar refractivity (Wildman–Crippen MR) is 80.9 cm³/mol. The molecule has 3 rings (SSSR count). The number of aromatic amines is 1. The highest BCUT2D eigenvalue weighted by Crippen LogP contribution is 2.25. The number of rotatable bonds is 3. The van der Waals surface area contributed by atoms with Gasteiger partial charge in [0.15, 0.2) is 0 Å². The first-order chi connectivity index (χ1) is 9.25. The third-order valence-corrected chi connectivity index (χ3v) is 4.11. The maximum absolute atomic E-state index is 3.48. The SMILES string of the molecule is CN(CC1CNCCN1C)c1c[nH]c2ccccc12. The van der Waals surface area contributed by atoms with Crippen LogP contribution in [-0.4, -0.2) is 56.2 Å². The van der Waals surface area contributed by atoms with Gasteiger partial charge in [0.25, 0.3) is 0 Å². The van der Waals surface area contributed by atoms with Crippen molar-refractivity contribution in [3.63, 3.8) is 0 Å². The predicted octanol–water partition coefficient (Wildman–Crippen LogP) is 1.51. The molecule has 2 N–H and O–H groups in total. The van der Waals surface area contributed by atoms with E-state index in [4.69, 9.17) is 0 Å². The second kappa shape index (κ2) is 5.23. The van der Waals surface area contributed by atoms with E-state index in [-0.39, 0.29) is 0 Å². The average Bonchev–Trinajstić information content (AvgIpc) is 2.85. The molecule has 2 heterocycles. The van der Waals surface area contributed by atoms with Gasteiger partial charge < -0.3 is 15.2 Å². The number of nitrogens with zero attached hydrogens (tertiary/aromatic N) is 2. The van der Waals surface area contributed by atoms with E-state index in [0.29, 0.717) is 6.04 Å². The number of piperazine rings is 1. The maximum atomic E-state index is 3.48. The summed E-state index contributed by atoms with van der Waals surface area (Å²) in [5.41, 5.74) is 2.49. The van der Waals surface area contributed by atoms with Crippen LogP contribution in [0, 0.1) is 0 Å². The fourth-order valence-electron chi connectivity index (χ4n) is 2.85. The molecule has 0 aliphatic carbocycles. The van der Waals surface area contributed by atoms with E-state index in [0.717, 1.165) is 26.2 Å². The van der Waals surface area contributed by atoms with Gasteiger partial charge in [0.2, 0.25) is 0 Å². The van der Waals surface area contributed by atoms with Gasteiger partial charge in [-0.25, -0.2) is 0 Å². The topological polar surface area (TPSA) is 34.3 Å². The lowest BCUT2D eigenvalue weighted by atomic mass is 10.1. The molecule has 1 aromatic carbocycles. The Hall–Kier alpha value is -1.52. The molecule has 4 nitrogen and oxygen atoms in total. The largest absolute Gasteiger partial charge is 0.371 e. The zero-order chi connectivity index (χ0) is 13.2. The van der Waals surface area contributed by atoms with Crippen molar-refractivity contribution in [3.05, 3.63) is 30.5 Å². The molecule has 1 saturated heterocycles. The first-order valence-electron chi connectivity index (χ1n) is 6.94. The minimum atomic E-state index is 0.576. The highest BCUT2D eigenvalue weighted by Gasteiger charge is 2.20. The van der Waals surface area contributed by atoms with Crippen LogP contribution in [0.15, 0.2) is 30.5 Å². The highest BCUT2D eigenvalue weighted by molar-refractivity contribution is 5.92. The van der Waals surface area contributed by atoms with Crippen LogP contribution in [0.25, 0.3) is 10.9 Å². The van der Waals surface area contributed by atoms with Crippen LogP contribution in [0.3, 0.4) is 0 Å². The molecule has 4 heteroatoms. The van der Waals surface area contributed by atoms with Crippen molar-refractivity contribution in [3.8, 4) is 0 Å². The number of hydrogen-bond donors (Lipinski definition) is 2. The molecule has 1 aromatic heterocycles. The molecule has 1 unspecified atom stereocenters. The van der Waals surface area contributed by atoms with Crippen LogP contribution in [0.5, 0.6) is 0 Å². The van der Waals surface area contributed by atoms with E-state index in [1.165, 1.54) is 16.6 Å². The molecule has 2 aromatic rings. The van der Waals surface area contributed by atoms with Crippen molar-refractivity contribution >= 4 is 16.6 Å². The Balaban J connectivity index is 1.78. The van der Waals surface area contributed by atoms with E-state index in [9.17, 15) is 0 Å². The van der Waals surface area contributed by atoms with Crippen LogP contribution in [0.1, 0.15) is 0 Å². The van der Waals surface area contributed by atoms with Crippen LogP contribution < -0.4 is 10.2 Å². The third-order valence-electron chi connectivity index (χ3n) is 4.11. The van der Waals surface area contributed by atoms with Gasteiger partial charge in [0.1, 0.15) is 0 Å². The molecule has 1 aliphatic heterocycles. The Labute approximate surface area is 114 Å². The normalized spacial score (nSPS) is 20.8. The summed E-state index contributed by atoms with van der Waals surface area (Å²) in [4.78, 5) is 8.15. The molecule has 1 fully saturated rings. The molecular weight excluding hydrogens is 236 g/mol. The molecule has 1 atom stereocenters. The summed E-state index contributed by atoms with van der Waals surface area (Å²) in [6.45, 7) is 4.35. The molecule has 0 saturated carbocycles. The van der Waals surface area contributed by atoms with Gasteiger partial charge in [-0.15, -0.1) is 0 Å². The fraction of sp³-hybridized carbons (Fsp3) is 0.467. The first-order valence-corrected chi connectivity index (χ1v) is 6.94. The number of fused-ring (bicyclic) bond motifs is 1. The second-order valence-corrected chi connectivity index (χ2v) is 5.44. The van der Waals surface area contributed by atoms with Gasteiger partial charge in [0.05, 0.1) is 5.69 Å². The van der Waals surface area contributed by atoms with Crippen molar-refractivity contribution in [1.29, 1.82) is 0 Å². The molecule has 0 amide bonds. The molecule has 0 bridgehead atoms. The Morgan fingerprint density at radius 3 is 3.05 bits per heavy atom. The van der Waals surface area contributed by atoms with Gasteiger partial charge in [-0.05, 0) is 13.1 Å². The lowest BCUT2D eigenvalue weighted by Gasteiger charge is -2.36. The maximum Gasteiger partial charge on any atom is 0.0621 e. The van der Waals surface area contributed by atoms with Crippen LogP contribution >= 0.6 is 0 Å². The van der Waals surface area contributed by atoms with Crippen molar-refractivity contribution in [2.24, 2.45) is 0 Å². The minimum Gasteiger partial charge on any atom is -0.371 e. The van der Waals surface area contributed by atoms with Crippen LogP contribution in [-0.2, 0) is 0 Å². The molecule has 102 valence electrons. The molecule has 0 spiro atoms. The molecule has 0 radical (unpaired) electrons. The minimum absolute atomic E-state index is 0.576. The third kappa shape index (κ3) is 2.46. The van der Waals surface area contributed by atoms with Gasteiger partial charge in [-0.3, -0.25) is 4.90 Å². The number of H-pyrrole nitrogens is 1. The Morgan fingerprint density at radius 1 is 1.37 bits per heavy atom. The van der Waals surface area contributed by atoms with Crippen LogP contribution in [0.4, 0.5) is 5.69 Å². The van der Waals surface area contributed by atoms with E-state index in [1.807, 2.05) is 0 Å². The molecule has 19 heavy (non-hydrogen) atoms. The van der Waals surface area contributed by atoms with E-state index >= 15 is 0 Å². The Morgan fingerprint density at radius 2 is 2.21 bits per heavy atom. The second-order valence-electron chi connectivity index (χ2n) is 5.44. The number of para-hydroxylation sites is 1. The number of anilines is 1. The van der Waals surface area contributed by atoms with Crippen molar-refractivity contribution in [2.45, 2.75) is 6.04 Å². The lowest BCUT2D eigenvalue weighted by Crippen LogP contribution is -2.53. The Bertz CT molecular complexity index is 548. The quantitative estimate of drug-likeness (QED) is 0.876. The summed E-state index contributed by atoms with van der Waals surface area (Å²) in [6.07, 6.45) is 2.11. The van der Waals surface area contributed by atoms with Crippen molar-refractivity contribution in [2.75, 3.05) is 45.2 Å². The summed E-state index contributed by atoms with van der Waals surface area (Å²) in [7, 11) is 4.40. The van der Waals surface area contributed by atoms with Gasteiger partial charge >= 0.3 is 0 Å². The van der Waals surface area contributed by atoms with Crippen molar-refractivity contribution < 1.29 is 0 Å². The summed E-state index contributed by atoms with van der Waals surface area (Å²) in [6, 6.07) is 9.05. The summed E-state index contributed by atoms with van der Waals surface area (Å²) >= 11 is 0. The summed E-state index contributed by atoms with van der Waals surface area (Å²) < 4.78 is 0. The van der Waals surface area contributed by atoms with Crippen molar-refractivity contribution in [1.82, 2.24) is 15.2 Å². The van der Waals surface area contributed by atoms with E-state index in [1.54, 1.807) is 0 Å². The lowest BCUT2D eigenvalue weighted by molar-refractivity contribution is 0.204. The number of likely N-dealkylation sites (N-methyl/N-ethyl adjacent to an activating group) is 2. The monoisotopic (exact) mass is 258 g/mol. The smallest absolute Gasteiger partial charge is 0.0621 e. The number of hydrogen-bond acceptors (Lipinski definition) is 3. The number of benzene rings is 1. The number of nitrogens with one attached hydrogen (secondary N) is 2. The molecule has 1 aliphatic rings. The van der Waals surface area contributed by atoms with E-state index in [2.05, 4.69) is 64.7 Å². The van der Waals surface area contributed by atoms with Gasteiger partial charge in [-0.1, -0.05) is 18.2 Å². The summed E-state index contributed by atoms with van der Waals surface area (Å²) in [5.74, 6) is 0. The van der Waals surface area contributed by atoms with Gasteiger partial charge in [-0.2, -0.15) is 0 Å². The first kappa shape index (κ1) is 12.5. The number of aromatic nitrogens is 1. The zero-order valence-corrected chi connectivity index (χ0v) is 11.7. The average molecular weight is 258 g/mol. The van der Waals surface area contributed by atoms with E-state index < -0.39 is 0 Å².